The van der Waals surface area contributed by atoms with Gasteiger partial charge < -0.3 is 10.6 Å². The molecule has 0 spiro atoms. The Kier molecular flexibility index (Phi) is 4.59. The molecule has 2 unspecified atom stereocenters. The molecule has 1 saturated heterocycles. The third-order valence-electron chi connectivity index (χ3n) is 4.26. The summed E-state index contributed by atoms with van der Waals surface area (Å²) in [5.74, 6) is 0.985. The number of rotatable bonds is 2. The molecular weight excluding hydrogens is 212 g/mol. The average molecular weight is 240 g/mol. The normalized spacial score (nSPS) is 22.4. The minimum atomic E-state index is 0.0507. The summed E-state index contributed by atoms with van der Waals surface area (Å²) in [4.78, 5) is 14.3. The Morgan fingerprint density at radius 1 is 1.24 bits per heavy atom. The van der Waals surface area contributed by atoms with Crippen molar-refractivity contribution >= 4 is 5.91 Å². The van der Waals surface area contributed by atoms with Gasteiger partial charge in [-0.1, -0.05) is 27.7 Å². The fraction of sp³-hybridized carbons (Fsp3) is 0.929. The summed E-state index contributed by atoms with van der Waals surface area (Å²) >= 11 is 0. The fourth-order valence-corrected chi connectivity index (χ4v) is 2.29. The fourth-order valence-electron chi connectivity index (χ4n) is 2.29. The Bertz CT molecular complexity index is 260. The van der Waals surface area contributed by atoms with Crippen molar-refractivity contribution in [3.05, 3.63) is 0 Å². The molecule has 1 aliphatic heterocycles. The molecular formula is C14H28N2O. The second kappa shape index (κ2) is 5.38. The van der Waals surface area contributed by atoms with Crippen LogP contribution in [-0.2, 0) is 4.79 Å². The predicted molar refractivity (Wildman–Crippen MR) is 71.6 cm³/mol. The van der Waals surface area contributed by atoms with E-state index in [4.69, 9.17) is 5.73 Å². The molecule has 1 fully saturated rings. The monoisotopic (exact) mass is 240 g/mol. The lowest BCUT2D eigenvalue weighted by Crippen LogP contribution is -2.46. The first-order chi connectivity index (χ1) is 7.73. The second-order valence-corrected chi connectivity index (χ2v) is 6.61. The molecule has 2 atom stereocenters. The lowest BCUT2D eigenvalue weighted by atomic mass is 9.80. The SMILES string of the molecule is CC(N)C1CCN(C(=O)C(C)C(C)(C)C)CC1. The minimum Gasteiger partial charge on any atom is -0.342 e. The van der Waals surface area contributed by atoms with Gasteiger partial charge >= 0.3 is 0 Å². The van der Waals surface area contributed by atoms with Gasteiger partial charge in [-0.2, -0.15) is 0 Å². The summed E-state index contributed by atoms with van der Waals surface area (Å²) in [5.41, 5.74) is 5.96. The lowest BCUT2D eigenvalue weighted by Gasteiger charge is -2.37. The van der Waals surface area contributed by atoms with E-state index in [-0.39, 0.29) is 17.4 Å². The Labute approximate surface area is 106 Å². The zero-order chi connectivity index (χ0) is 13.2. The Morgan fingerprint density at radius 2 is 1.71 bits per heavy atom. The van der Waals surface area contributed by atoms with Crippen LogP contribution >= 0.6 is 0 Å². The van der Waals surface area contributed by atoms with Gasteiger partial charge in [0, 0.05) is 25.0 Å². The number of amides is 1. The van der Waals surface area contributed by atoms with Crippen LogP contribution in [0.5, 0.6) is 0 Å². The molecule has 17 heavy (non-hydrogen) atoms. The van der Waals surface area contributed by atoms with E-state index in [2.05, 4.69) is 27.7 Å². The van der Waals surface area contributed by atoms with Crippen LogP contribution < -0.4 is 5.73 Å². The molecule has 0 aliphatic carbocycles. The molecule has 2 N–H and O–H groups in total. The summed E-state index contributed by atoms with van der Waals surface area (Å²) in [6, 6.07) is 0.257. The van der Waals surface area contributed by atoms with Gasteiger partial charge in [0.05, 0.1) is 0 Å². The molecule has 0 saturated carbocycles. The molecule has 100 valence electrons. The summed E-state index contributed by atoms with van der Waals surface area (Å²) in [6.07, 6.45) is 2.11. The molecule has 0 aromatic carbocycles. The van der Waals surface area contributed by atoms with Crippen LogP contribution in [0, 0.1) is 17.3 Å². The number of likely N-dealkylation sites (tertiary alicyclic amines) is 1. The van der Waals surface area contributed by atoms with Crippen molar-refractivity contribution in [2.24, 2.45) is 23.0 Å². The Morgan fingerprint density at radius 3 is 2.06 bits per heavy atom. The highest BCUT2D eigenvalue weighted by molar-refractivity contribution is 5.79. The highest BCUT2D eigenvalue weighted by Gasteiger charge is 2.32. The quantitative estimate of drug-likeness (QED) is 0.804. The van der Waals surface area contributed by atoms with Crippen molar-refractivity contribution in [3.8, 4) is 0 Å². The van der Waals surface area contributed by atoms with Gasteiger partial charge in [-0.25, -0.2) is 0 Å². The van der Waals surface area contributed by atoms with Crippen LogP contribution in [-0.4, -0.2) is 29.9 Å². The summed E-state index contributed by atoms with van der Waals surface area (Å²) in [6.45, 7) is 12.3. The van der Waals surface area contributed by atoms with Crippen molar-refractivity contribution in [2.75, 3.05) is 13.1 Å². The summed E-state index contributed by atoms with van der Waals surface area (Å²) in [5, 5.41) is 0. The van der Waals surface area contributed by atoms with E-state index in [1.807, 2.05) is 11.8 Å². The first-order valence-corrected chi connectivity index (χ1v) is 6.78. The zero-order valence-corrected chi connectivity index (χ0v) is 12.0. The maximum atomic E-state index is 12.3. The number of hydrogen-bond acceptors (Lipinski definition) is 2. The van der Waals surface area contributed by atoms with E-state index >= 15 is 0 Å². The van der Waals surface area contributed by atoms with E-state index in [0.717, 1.165) is 25.9 Å². The van der Waals surface area contributed by atoms with Crippen LogP contribution in [0.4, 0.5) is 0 Å². The number of carbonyl (C=O) groups is 1. The van der Waals surface area contributed by atoms with Crippen molar-refractivity contribution in [1.82, 2.24) is 4.90 Å². The number of nitrogens with two attached hydrogens (primary N) is 1. The smallest absolute Gasteiger partial charge is 0.225 e. The molecule has 1 heterocycles. The van der Waals surface area contributed by atoms with E-state index in [0.29, 0.717) is 11.8 Å². The Hall–Kier alpha value is -0.570. The van der Waals surface area contributed by atoms with E-state index in [9.17, 15) is 4.79 Å². The minimum absolute atomic E-state index is 0.0507. The highest BCUT2D eigenvalue weighted by Crippen LogP contribution is 2.29. The summed E-state index contributed by atoms with van der Waals surface area (Å²) < 4.78 is 0. The standard InChI is InChI=1S/C14H28N2O/c1-10(14(3,4)5)13(17)16-8-6-12(7-9-16)11(2)15/h10-12H,6-9,15H2,1-5H3. The van der Waals surface area contributed by atoms with Gasteiger partial charge in [0.15, 0.2) is 0 Å². The van der Waals surface area contributed by atoms with Gasteiger partial charge in [-0.05, 0) is 31.1 Å². The average Bonchev–Trinajstić information content (AvgIpc) is 2.26. The predicted octanol–water partition coefficient (Wildman–Crippen LogP) is 2.25. The molecule has 0 aromatic heterocycles. The first-order valence-electron chi connectivity index (χ1n) is 6.78. The largest absolute Gasteiger partial charge is 0.342 e. The van der Waals surface area contributed by atoms with Crippen molar-refractivity contribution in [3.63, 3.8) is 0 Å². The molecule has 1 aliphatic rings. The molecule has 0 aromatic rings. The van der Waals surface area contributed by atoms with Gasteiger partial charge in [-0.15, -0.1) is 0 Å². The summed E-state index contributed by atoms with van der Waals surface area (Å²) in [7, 11) is 0. The maximum absolute atomic E-state index is 12.3. The number of hydrogen-bond donors (Lipinski definition) is 1. The van der Waals surface area contributed by atoms with Crippen LogP contribution in [0.25, 0.3) is 0 Å². The van der Waals surface area contributed by atoms with Crippen LogP contribution in [0.15, 0.2) is 0 Å². The molecule has 1 amide bonds. The third-order valence-corrected chi connectivity index (χ3v) is 4.26. The van der Waals surface area contributed by atoms with Crippen LogP contribution in [0.3, 0.4) is 0 Å². The van der Waals surface area contributed by atoms with Crippen LogP contribution in [0.1, 0.15) is 47.5 Å². The molecule has 0 bridgehead atoms. The number of nitrogens with zero attached hydrogens (tertiary/aromatic N) is 1. The van der Waals surface area contributed by atoms with E-state index < -0.39 is 0 Å². The molecule has 3 heteroatoms. The molecule has 3 nitrogen and oxygen atoms in total. The number of carbonyl (C=O) groups excluding carboxylic acids is 1. The number of piperidine rings is 1. The zero-order valence-electron chi connectivity index (χ0n) is 12.0. The third kappa shape index (κ3) is 3.70. The van der Waals surface area contributed by atoms with Gasteiger partial charge in [0.1, 0.15) is 0 Å². The topological polar surface area (TPSA) is 46.3 Å². The molecule has 1 rings (SSSR count). The lowest BCUT2D eigenvalue weighted by molar-refractivity contribution is -0.139. The maximum Gasteiger partial charge on any atom is 0.225 e. The van der Waals surface area contributed by atoms with E-state index in [1.165, 1.54) is 0 Å². The van der Waals surface area contributed by atoms with Crippen molar-refractivity contribution < 1.29 is 4.79 Å². The highest BCUT2D eigenvalue weighted by atomic mass is 16.2. The first kappa shape index (κ1) is 14.5. The van der Waals surface area contributed by atoms with Gasteiger partial charge in [-0.3, -0.25) is 4.79 Å². The second-order valence-electron chi connectivity index (χ2n) is 6.61. The molecule has 0 radical (unpaired) electrons. The van der Waals surface area contributed by atoms with Crippen molar-refractivity contribution in [2.45, 2.75) is 53.5 Å². The van der Waals surface area contributed by atoms with Gasteiger partial charge in [0.25, 0.3) is 0 Å². The van der Waals surface area contributed by atoms with Crippen molar-refractivity contribution in [1.29, 1.82) is 0 Å². The van der Waals surface area contributed by atoms with Crippen LogP contribution in [0.2, 0.25) is 0 Å². The Balaban J connectivity index is 2.52. The van der Waals surface area contributed by atoms with Gasteiger partial charge in [0.2, 0.25) is 5.91 Å². The van der Waals surface area contributed by atoms with E-state index in [1.54, 1.807) is 0 Å².